The van der Waals surface area contributed by atoms with Gasteiger partial charge in [0.2, 0.25) is 0 Å². The maximum absolute atomic E-state index is 15.6. The van der Waals surface area contributed by atoms with Crippen LogP contribution in [0.2, 0.25) is 0 Å². The molecule has 0 saturated carbocycles. The van der Waals surface area contributed by atoms with E-state index in [1.165, 1.54) is 17.7 Å². The lowest BCUT2D eigenvalue weighted by atomic mass is 9.75. The molecule has 53 heavy (non-hydrogen) atoms. The quantitative estimate of drug-likeness (QED) is 0.140. The van der Waals surface area contributed by atoms with Crippen molar-refractivity contribution in [3.05, 3.63) is 105 Å². The number of hydrogen-bond donors (Lipinski definition) is 4. The Balaban J connectivity index is 0.00000378. The highest BCUT2D eigenvalue weighted by Gasteiger charge is 2.47. The zero-order valence-corrected chi connectivity index (χ0v) is 31.1. The Kier molecular flexibility index (Phi) is 15.4. The second-order valence-electron chi connectivity index (χ2n) is 11.9. The van der Waals surface area contributed by atoms with Crippen molar-refractivity contribution in [2.75, 3.05) is 18.9 Å². The molecule has 3 aromatic carbocycles. The Hall–Kier alpha value is -4.98. The molecule has 2 heterocycles. The number of aliphatic hydroxyl groups is 1. The van der Waals surface area contributed by atoms with Gasteiger partial charge in [0, 0.05) is 33.1 Å². The molecule has 0 bridgehead atoms. The number of ether oxygens (including phenoxy) is 2. The first-order valence-electron chi connectivity index (χ1n) is 15.8. The Morgan fingerprint density at radius 1 is 1.15 bits per heavy atom. The molecule has 4 N–H and O–H groups in total. The van der Waals surface area contributed by atoms with Crippen LogP contribution in [0.15, 0.2) is 71.1 Å². The number of halogens is 4. The van der Waals surface area contributed by atoms with Gasteiger partial charge in [0.25, 0.3) is 6.34 Å². The van der Waals surface area contributed by atoms with Gasteiger partial charge in [-0.15, -0.1) is 29.2 Å². The summed E-state index contributed by atoms with van der Waals surface area (Å²) < 4.78 is 41.3. The van der Waals surface area contributed by atoms with E-state index in [-0.39, 0.29) is 62.2 Å². The van der Waals surface area contributed by atoms with Crippen molar-refractivity contribution < 1.29 is 45.4 Å². The number of amidine groups is 1. The summed E-state index contributed by atoms with van der Waals surface area (Å²) in [5.74, 6) is -3.05. The number of anilines is 1. The maximum Gasteiger partial charge on any atom is 0.411 e. The van der Waals surface area contributed by atoms with E-state index < -0.39 is 41.3 Å². The third-order valence-electron chi connectivity index (χ3n) is 8.08. The van der Waals surface area contributed by atoms with E-state index in [0.29, 0.717) is 33.1 Å². The molecule has 4 aromatic rings. The fourth-order valence-corrected chi connectivity index (χ4v) is 6.64. The van der Waals surface area contributed by atoms with Crippen LogP contribution in [0.3, 0.4) is 0 Å². The molecule has 0 saturated heterocycles. The number of carbonyl (C=O) groups excluding carboxylic acids is 2. The van der Waals surface area contributed by atoms with Crippen molar-refractivity contribution >= 4 is 53.7 Å². The minimum absolute atomic E-state index is 0. The van der Waals surface area contributed by atoms with Crippen LogP contribution in [0.1, 0.15) is 52.9 Å². The van der Waals surface area contributed by atoms with Gasteiger partial charge in [0.05, 0.1) is 41.0 Å². The average molecular weight is 788 g/mol. The van der Waals surface area contributed by atoms with Crippen LogP contribution in [-0.4, -0.2) is 54.0 Å². The van der Waals surface area contributed by atoms with Gasteiger partial charge in [-0.25, -0.2) is 18.6 Å². The van der Waals surface area contributed by atoms with E-state index in [1.54, 1.807) is 61.8 Å². The fourth-order valence-electron chi connectivity index (χ4n) is 5.61. The number of thiazole rings is 1. The first-order valence-corrected chi connectivity index (χ1v) is 16.7. The molecule has 1 aromatic heterocycles. The Labute approximate surface area is 321 Å². The zero-order chi connectivity index (χ0) is 36.5. The number of nitriles is 1. The van der Waals surface area contributed by atoms with Gasteiger partial charge in [-0.05, 0) is 63.7 Å². The summed E-state index contributed by atoms with van der Waals surface area (Å²) >= 11 is 1.18. The van der Waals surface area contributed by atoms with Crippen molar-refractivity contribution in [2.45, 2.75) is 50.9 Å². The van der Waals surface area contributed by atoms with Crippen molar-refractivity contribution in [3.63, 3.8) is 0 Å². The van der Waals surface area contributed by atoms with Crippen LogP contribution in [0, 0.1) is 29.9 Å². The molecule has 0 fully saturated rings. The molecular formula is C36H36Cl2F2N7O5S. The number of likely N-dealkylation sites (N-methyl/N-ethyl adjacent to an activating group) is 1. The van der Waals surface area contributed by atoms with E-state index >= 15 is 4.39 Å². The number of carbonyl (C=O) groups is 2. The lowest BCUT2D eigenvalue weighted by Gasteiger charge is -2.36. The van der Waals surface area contributed by atoms with Crippen LogP contribution in [0.4, 0.5) is 19.3 Å². The second kappa shape index (κ2) is 19.2. The predicted octanol–water partition coefficient (Wildman–Crippen LogP) is 2.63. The third kappa shape index (κ3) is 10.8. The van der Waals surface area contributed by atoms with E-state index in [2.05, 4.69) is 32.2 Å². The van der Waals surface area contributed by atoms with Gasteiger partial charge in [-0.3, -0.25) is 10.1 Å². The van der Waals surface area contributed by atoms with E-state index in [9.17, 15) is 24.3 Å². The van der Waals surface area contributed by atoms with Gasteiger partial charge in [-0.2, -0.15) is 5.26 Å². The summed E-state index contributed by atoms with van der Waals surface area (Å²) in [6, 6.07) is 16.8. The second-order valence-corrected chi connectivity index (χ2v) is 12.8. The summed E-state index contributed by atoms with van der Waals surface area (Å²) in [6.07, 6.45) is -0.872. The molecule has 5 rings (SSSR count). The lowest BCUT2D eigenvalue weighted by Crippen LogP contribution is -3.00. The van der Waals surface area contributed by atoms with Crippen molar-refractivity contribution in [3.8, 4) is 17.3 Å². The number of hydrogen-bond acceptors (Lipinski definition) is 12. The molecule has 12 nitrogen and oxygen atoms in total. The Morgan fingerprint density at radius 2 is 1.91 bits per heavy atom. The zero-order valence-electron chi connectivity index (χ0n) is 28.7. The summed E-state index contributed by atoms with van der Waals surface area (Å²) in [6.45, 7) is 3.39. The van der Waals surface area contributed by atoms with Crippen LogP contribution in [-0.2, 0) is 26.5 Å². The van der Waals surface area contributed by atoms with Crippen LogP contribution < -0.4 is 33.5 Å². The third-order valence-corrected chi connectivity index (χ3v) is 9.04. The Morgan fingerprint density at radius 3 is 2.58 bits per heavy atom. The number of amides is 1. The fraction of sp³-hybridized carbons (Fsp3) is 0.278. The molecule has 279 valence electrons. The number of aliphatic imine (C=N–C) groups is 1. The molecule has 0 aliphatic carbocycles. The van der Waals surface area contributed by atoms with E-state index in [0.717, 1.165) is 23.8 Å². The van der Waals surface area contributed by atoms with Gasteiger partial charge >= 0.3 is 17.9 Å². The number of hydrazone groups is 1. The largest absolute Gasteiger partial charge is 1.00 e. The van der Waals surface area contributed by atoms with Crippen molar-refractivity contribution in [1.29, 1.82) is 5.26 Å². The molecule has 1 radical (unpaired) electrons. The van der Waals surface area contributed by atoms with Crippen molar-refractivity contribution in [1.82, 2.24) is 20.7 Å². The standard InChI is InChI=1S/C36H35F2N7O5S.2ClH/c1-21-4-11-30(25(12-21)18-49-33(46)17-40-3)44-35(47)50-22(2)13-28(34-43-31(19-51-34)24-7-5-23(16-39)6-8-24)36(48,15-32-41-20-42-45-32)27-14-26(37)9-10-29(27)38;;/h4-12,14,19-20,22,28,40,48H,13,15,17-18H2,1-3H3,(H,42,45)(H,44,47);2*1H/q+1;;/p-1/t22?,28-,36-;;/m0../s1. The summed E-state index contributed by atoms with van der Waals surface area (Å²) in [4.78, 5) is 34.1. The first-order chi connectivity index (χ1) is 24.5. The molecule has 1 aliphatic heterocycles. The van der Waals surface area contributed by atoms with Gasteiger partial charge in [0.1, 0.15) is 29.9 Å². The number of aryl methyl sites for hydroxylation is 1. The molecule has 1 amide bonds. The van der Waals surface area contributed by atoms with E-state index in [4.69, 9.17) is 14.5 Å². The highest BCUT2D eigenvalue weighted by molar-refractivity contribution is 7.10. The molecule has 3 atom stereocenters. The van der Waals surface area contributed by atoms with Crippen LogP contribution in [0.25, 0.3) is 11.3 Å². The number of esters is 1. The SMILES string of the molecule is CNCC(=O)OCc1cc(C)ccc1NC(=O)OC(C)C[C@@H](c1nc(-c2ccc(C#N)cc2)cs1)[C@](O)(CC1=NNC=[N+]1)c1cc(F)ccc1F.Cl.[Cl-]. The minimum Gasteiger partial charge on any atom is -1.00 e. The topological polar surface area (TPSA) is 172 Å². The number of aromatic nitrogens is 1. The molecule has 0 spiro atoms. The van der Waals surface area contributed by atoms with Gasteiger partial charge in [-0.1, -0.05) is 34.8 Å². The minimum atomic E-state index is -2.18. The highest BCUT2D eigenvalue weighted by atomic mass is 35.5. The summed E-state index contributed by atoms with van der Waals surface area (Å²) in [5.41, 5.74) is 3.52. The van der Waals surface area contributed by atoms with Crippen LogP contribution in [0.5, 0.6) is 0 Å². The number of nitrogens with one attached hydrogen (secondary N) is 3. The smallest absolute Gasteiger partial charge is 0.411 e. The number of nitrogens with zero attached hydrogens (tertiary/aromatic N) is 4. The first kappa shape index (κ1) is 42.4. The van der Waals surface area contributed by atoms with Crippen LogP contribution >= 0.6 is 23.7 Å². The monoisotopic (exact) mass is 786 g/mol. The average Bonchev–Trinajstić information content (AvgIpc) is 3.81. The normalized spacial score (nSPS) is 13.9. The summed E-state index contributed by atoms with van der Waals surface area (Å²) in [7, 11) is 1.62. The Bertz CT molecular complexity index is 2010. The van der Waals surface area contributed by atoms with E-state index in [1.807, 2.05) is 6.92 Å². The number of benzene rings is 3. The number of rotatable bonds is 14. The van der Waals surface area contributed by atoms with Gasteiger partial charge in [0.15, 0.2) is 0 Å². The summed E-state index contributed by atoms with van der Waals surface area (Å²) in [5, 5.41) is 33.4. The highest BCUT2D eigenvalue weighted by Crippen LogP contribution is 2.46. The maximum atomic E-state index is 15.6. The molecule has 1 aliphatic rings. The molecule has 1 unspecified atom stereocenters. The van der Waals surface area contributed by atoms with Gasteiger partial charge < -0.3 is 32.3 Å². The molecular weight excluding hydrogens is 751 g/mol. The lowest BCUT2D eigenvalue weighted by molar-refractivity contribution is -0.143. The molecule has 17 heteroatoms. The van der Waals surface area contributed by atoms with Crippen molar-refractivity contribution in [2.24, 2.45) is 5.10 Å². The predicted molar refractivity (Wildman–Crippen MR) is 195 cm³/mol.